The van der Waals surface area contributed by atoms with Crippen molar-refractivity contribution < 1.29 is 9.59 Å². The molecule has 0 saturated heterocycles. The van der Waals surface area contributed by atoms with Crippen molar-refractivity contribution in [3.63, 3.8) is 0 Å². The minimum atomic E-state index is 0.140. The number of benzene rings is 2. The molecule has 0 aliphatic carbocycles. The number of hydrogen-bond donors (Lipinski definition) is 0. The molecule has 0 aliphatic heterocycles. The number of unbranched alkanes of at least 4 members (excludes halogenated alkanes) is 7. The molecular formula is C32H46O2. The zero-order valence-electron chi connectivity index (χ0n) is 21.5. The van der Waals surface area contributed by atoms with Crippen molar-refractivity contribution in [3.8, 4) is 0 Å². The quantitative estimate of drug-likeness (QED) is 0.146. The smallest absolute Gasteiger partial charge is 0.140 e. The van der Waals surface area contributed by atoms with Crippen molar-refractivity contribution in [2.24, 2.45) is 5.92 Å². The number of rotatable bonds is 20. The fraction of sp³-hybridized carbons (Fsp3) is 0.562. The van der Waals surface area contributed by atoms with E-state index in [-0.39, 0.29) is 18.0 Å². The second-order valence-electron chi connectivity index (χ2n) is 9.95. The van der Waals surface area contributed by atoms with Crippen molar-refractivity contribution in [2.75, 3.05) is 0 Å². The van der Waals surface area contributed by atoms with Gasteiger partial charge in [0, 0.05) is 12.8 Å². The zero-order chi connectivity index (χ0) is 24.3. The van der Waals surface area contributed by atoms with Gasteiger partial charge in [0.05, 0.1) is 6.42 Å². The predicted molar refractivity (Wildman–Crippen MR) is 144 cm³/mol. The third-order valence-electron chi connectivity index (χ3n) is 6.82. The van der Waals surface area contributed by atoms with Crippen LogP contribution in [0, 0.1) is 5.92 Å². The van der Waals surface area contributed by atoms with Crippen molar-refractivity contribution >= 4 is 11.6 Å². The molecule has 0 spiro atoms. The molecule has 2 heteroatoms. The maximum atomic E-state index is 12.2. The van der Waals surface area contributed by atoms with Gasteiger partial charge in [-0.25, -0.2) is 0 Å². The van der Waals surface area contributed by atoms with Crippen molar-refractivity contribution in [3.05, 3.63) is 71.8 Å². The Hall–Kier alpha value is -2.22. The highest BCUT2D eigenvalue weighted by Crippen LogP contribution is 2.22. The Morgan fingerprint density at radius 2 is 1.15 bits per heavy atom. The van der Waals surface area contributed by atoms with Crippen LogP contribution in [-0.4, -0.2) is 11.6 Å². The van der Waals surface area contributed by atoms with Crippen molar-refractivity contribution in [2.45, 2.75) is 110 Å². The summed E-state index contributed by atoms with van der Waals surface area (Å²) in [5.41, 5.74) is 2.83. The van der Waals surface area contributed by atoms with Crippen LogP contribution in [0.15, 0.2) is 60.7 Å². The summed E-state index contributed by atoms with van der Waals surface area (Å²) in [5, 5.41) is 0. The van der Waals surface area contributed by atoms with Gasteiger partial charge in [0.25, 0.3) is 0 Å². The molecular weight excluding hydrogens is 416 g/mol. The summed E-state index contributed by atoms with van der Waals surface area (Å²) in [6, 6.07) is 21.6. The fourth-order valence-electron chi connectivity index (χ4n) is 4.74. The SMILES string of the molecule is CCCCCCCCC(=O)CC(=O)CCCCCC(CCc1ccccc1)Cc1ccccc1. The van der Waals surface area contributed by atoms with Crippen LogP contribution in [0.3, 0.4) is 0 Å². The minimum absolute atomic E-state index is 0.140. The van der Waals surface area contributed by atoms with Crippen LogP contribution in [0.5, 0.6) is 0 Å². The third-order valence-corrected chi connectivity index (χ3v) is 6.82. The first kappa shape index (κ1) is 28.0. The summed E-state index contributed by atoms with van der Waals surface area (Å²) < 4.78 is 0. The van der Waals surface area contributed by atoms with Crippen LogP contribution in [0.25, 0.3) is 0 Å². The molecule has 186 valence electrons. The van der Waals surface area contributed by atoms with Crippen LogP contribution in [0.2, 0.25) is 0 Å². The standard InChI is InChI=1S/C32H46O2/c1-2-3-4-5-6-15-22-31(33)27-32(34)23-16-9-14-21-30(26-29-19-12-8-13-20-29)25-24-28-17-10-7-11-18-28/h7-8,10-13,17-20,30H,2-6,9,14-16,21-27H2,1H3. The monoisotopic (exact) mass is 462 g/mol. The molecule has 34 heavy (non-hydrogen) atoms. The van der Waals surface area contributed by atoms with Gasteiger partial charge in [-0.2, -0.15) is 0 Å². The van der Waals surface area contributed by atoms with Crippen molar-refractivity contribution in [1.82, 2.24) is 0 Å². The van der Waals surface area contributed by atoms with Crippen LogP contribution in [-0.2, 0) is 22.4 Å². The Morgan fingerprint density at radius 3 is 1.76 bits per heavy atom. The first-order chi connectivity index (χ1) is 16.7. The molecule has 2 rings (SSSR count). The fourth-order valence-corrected chi connectivity index (χ4v) is 4.74. The van der Waals surface area contributed by atoms with Gasteiger partial charge in [0.2, 0.25) is 0 Å². The van der Waals surface area contributed by atoms with Gasteiger partial charge in [-0.3, -0.25) is 9.59 Å². The van der Waals surface area contributed by atoms with Crippen LogP contribution in [0.1, 0.15) is 108 Å². The number of Topliss-reactive ketones (excluding diaryl/α,β-unsaturated/α-hetero) is 2. The molecule has 0 fully saturated rings. The van der Waals surface area contributed by atoms with Gasteiger partial charge < -0.3 is 0 Å². The largest absolute Gasteiger partial charge is 0.299 e. The zero-order valence-corrected chi connectivity index (χ0v) is 21.5. The molecule has 0 heterocycles. The first-order valence-electron chi connectivity index (χ1n) is 13.8. The van der Waals surface area contributed by atoms with Gasteiger partial charge in [0.1, 0.15) is 11.6 Å². The summed E-state index contributed by atoms with van der Waals surface area (Å²) in [5.74, 6) is 0.947. The highest BCUT2D eigenvalue weighted by atomic mass is 16.1. The molecule has 2 aromatic rings. The van der Waals surface area contributed by atoms with E-state index in [1.54, 1.807) is 0 Å². The third kappa shape index (κ3) is 13.5. The lowest BCUT2D eigenvalue weighted by atomic mass is 9.88. The molecule has 0 N–H and O–H groups in total. The number of ketones is 2. The summed E-state index contributed by atoms with van der Waals surface area (Å²) in [4.78, 5) is 24.3. The lowest BCUT2D eigenvalue weighted by Gasteiger charge is -2.17. The number of carbonyl (C=O) groups is 2. The number of hydrogen-bond acceptors (Lipinski definition) is 2. The van der Waals surface area contributed by atoms with Crippen LogP contribution >= 0.6 is 0 Å². The first-order valence-corrected chi connectivity index (χ1v) is 13.8. The highest BCUT2D eigenvalue weighted by molar-refractivity contribution is 5.98. The molecule has 0 radical (unpaired) electrons. The van der Waals surface area contributed by atoms with Gasteiger partial charge in [-0.1, -0.05) is 119 Å². The second kappa shape index (κ2) is 18.2. The van der Waals surface area contributed by atoms with Crippen molar-refractivity contribution in [1.29, 1.82) is 0 Å². The maximum absolute atomic E-state index is 12.2. The topological polar surface area (TPSA) is 34.1 Å². The molecule has 0 saturated carbocycles. The predicted octanol–water partition coefficient (Wildman–Crippen LogP) is 8.71. The van der Waals surface area contributed by atoms with E-state index in [1.807, 2.05) is 0 Å². The van der Waals surface area contributed by atoms with E-state index in [2.05, 4.69) is 67.6 Å². The molecule has 1 unspecified atom stereocenters. The Balaban J connectivity index is 1.62. The summed E-state index contributed by atoms with van der Waals surface area (Å²) in [6.45, 7) is 2.21. The lowest BCUT2D eigenvalue weighted by Crippen LogP contribution is -2.08. The van der Waals surface area contributed by atoms with Crippen LogP contribution in [0.4, 0.5) is 0 Å². The van der Waals surface area contributed by atoms with E-state index in [1.165, 1.54) is 49.7 Å². The van der Waals surface area contributed by atoms with E-state index in [9.17, 15) is 9.59 Å². The van der Waals surface area contributed by atoms with Gasteiger partial charge >= 0.3 is 0 Å². The summed E-state index contributed by atoms with van der Waals surface area (Å²) in [7, 11) is 0. The molecule has 2 nitrogen and oxygen atoms in total. The van der Waals surface area contributed by atoms with E-state index in [0.717, 1.165) is 44.9 Å². The van der Waals surface area contributed by atoms with E-state index >= 15 is 0 Å². The summed E-state index contributed by atoms with van der Waals surface area (Å²) in [6.07, 6.45) is 16.2. The normalized spacial score (nSPS) is 11.9. The van der Waals surface area contributed by atoms with E-state index in [0.29, 0.717) is 18.8 Å². The minimum Gasteiger partial charge on any atom is -0.299 e. The highest BCUT2D eigenvalue weighted by Gasteiger charge is 2.12. The average molecular weight is 463 g/mol. The van der Waals surface area contributed by atoms with Gasteiger partial charge in [-0.05, 0) is 49.1 Å². The Bertz CT molecular complexity index is 781. The average Bonchev–Trinajstić information content (AvgIpc) is 2.85. The van der Waals surface area contributed by atoms with Crippen LogP contribution < -0.4 is 0 Å². The number of aryl methyl sites for hydroxylation is 1. The van der Waals surface area contributed by atoms with E-state index in [4.69, 9.17) is 0 Å². The lowest BCUT2D eigenvalue weighted by molar-refractivity contribution is -0.127. The summed E-state index contributed by atoms with van der Waals surface area (Å²) >= 11 is 0. The molecule has 1 atom stereocenters. The molecule has 2 aromatic carbocycles. The Labute approximate surface area is 208 Å². The number of carbonyl (C=O) groups excluding carboxylic acids is 2. The molecule has 0 aromatic heterocycles. The van der Waals surface area contributed by atoms with Gasteiger partial charge in [-0.15, -0.1) is 0 Å². The van der Waals surface area contributed by atoms with Gasteiger partial charge in [0.15, 0.2) is 0 Å². The Kier molecular flexibility index (Phi) is 15.0. The molecule has 0 aliphatic rings. The Morgan fingerprint density at radius 1 is 0.618 bits per heavy atom. The second-order valence-corrected chi connectivity index (χ2v) is 9.95. The molecule has 0 amide bonds. The molecule has 0 bridgehead atoms. The van der Waals surface area contributed by atoms with E-state index < -0.39 is 0 Å². The maximum Gasteiger partial charge on any atom is 0.140 e.